The van der Waals surface area contributed by atoms with E-state index in [1.807, 2.05) is 38.1 Å². The second-order valence-corrected chi connectivity index (χ2v) is 9.07. The monoisotopic (exact) mass is 466 g/mol. The standard InChI is InChI=1S/C25H27ClN4O3/c1-14-11-20-22(25(31)28-14)24(29-19-7-3-6-18(26)15(19)2)23(30-20)17-8-9-27-12-21(17)33-13-16-5-4-10-32-16/h3,6-9,12,14,16,29-30H,4-5,10-11,13H2,1-2H3,(H,28,31)/t14-,16+/m1/s1. The number of hydrogen-bond donors (Lipinski definition) is 3. The van der Waals surface area contributed by atoms with Crippen LogP contribution in [0.5, 0.6) is 5.75 Å². The van der Waals surface area contributed by atoms with E-state index in [4.69, 9.17) is 21.1 Å². The van der Waals surface area contributed by atoms with Crippen molar-refractivity contribution in [1.29, 1.82) is 0 Å². The highest BCUT2D eigenvalue weighted by atomic mass is 35.5. The molecule has 0 radical (unpaired) electrons. The van der Waals surface area contributed by atoms with Crippen molar-refractivity contribution in [3.8, 4) is 17.0 Å². The smallest absolute Gasteiger partial charge is 0.255 e. The number of rotatable bonds is 6. The van der Waals surface area contributed by atoms with Gasteiger partial charge >= 0.3 is 0 Å². The van der Waals surface area contributed by atoms with Gasteiger partial charge in [-0.15, -0.1) is 0 Å². The Labute approximate surface area is 197 Å². The fraction of sp³-hybridized carbons (Fsp3) is 0.360. The summed E-state index contributed by atoms with van der Waals surface area (Å²) in [6, 6.07) is 7.64. The number of H-pyrrole nitrogens is 1. The number of amides is 1. The molecule has 4 heterocycles. The van der Waals surface area contributed by atoms with Crippen molar-refractivity contribution in [2.45, 2.75) is 45.3 Å². The third-order valence-electron chi connectivity index (χ3n) is 6.22. The maximum absolute atomic E-state index is 13.0. The van der Waals surface area contributed by atoms with Crippen molar-refractivity contribution in [2.75, 3.05) is 18.5 Å². The summed E-state index contributed by atoms with van der Waals surface area (Å²) in [7, 11) is 0. The van der Waals surface area contributed by atoms with Gasteiger partial charge in [0.15, 0.2) is 0 Å². The first kappa shape index (κ1) is 21.8. The Balaban J connectivity index is 1.58. The molecule has 2 atom stereocenters. The minimum atomic E-state index is -0.107. The van der Waals surface area contributed by atoms with Crippen molar-refractivity contribution in [1.82, 2.24) is 15.3 Å². The minimum Gasteiger partial charge on any atom is -0.489 e. The first-order valence-corrected chi connectivity index (χ1v) is 11.7. The Morgan fingerprint density at radius 3 is 3.03 bits per heavy atom. The summed E-state index contributed by atoms with van der Waals surface area (Å²) < 4.78 is 11.9. The molecule has 8 heteroatoms. The van der Waals surface area contributed by atoms with Gasteiger partial charge in [-0.3, -0.25) is 9.78 Å². The summed E-state index contributed by atoms with van der Waals surface area (Å²) in [4.78, 5) is 20.8. The molecule has 1 saturated heterocycles. The molecule has 0 spiro atoms. The van der Waals surface area contributed by atoms with E-state index in [2.05, 4.69) is 20.6 Å². The third-order valence-corrected chi connectivity index (χ3v) is 6.63. The summed E-state index contributed by atoms with van der Waals surface area (Å²) in [6.07, 6.45) is 6.28. The van der Waals surface area contributed by atoms with Gasteiger partial charge in [0.05, 0.1) is 29.2 Å². The van der Waals surface area contributed by atoms with Crippen LogP contribution in [-0.4, -0.2) is 41.2 Å². The van der Waals surface area contributed by atoms with E-state index in [-0.39, 0.29) is 18.1 Å². The van der Waals surface area contributed by atoms with Gasteiger partial charge in [0.2, 0.25) is 0 Å². The number of pyridine rings is 1. The predicted octanol–water partition coefficient (Wildman–Crippen LogP) is 5.01. The highest BCUT2D eigenvalue weighted by Crippen LogP contribution is 2.41. The molecule has 1 aromatic carbocycles. The number of carbonyl (C=O) groups excluding carboxylic acids is 1. The van der Waals surface area contributed by atoms with Crippen LogP contribution in [0.25, 0.3) is 11.3 Å². The molecule has 33 heavy (non-hydrogen) atoms. The molecular weight excluding hydrogens is 440 g/mol. The van der Waals surface area contributed by atoms with E-state index in [1.165, 1.54) is 0 Å². The lowest BCUT2D eigenvalue weighted by Crippen LogP contribution is -2.39. The van der Waals surface area contributed by atoms with Crippen LogP contribution in [0, 0.1) is 6.92 Å². The van der Waals surface area contributed by atoms with Gasteiger partial charge < -0.3 is 25.1 Å². The Hall–Kier alpha value is -3.03. The number of ether oxygens (including phenoxy) is 2. The molecule has 3 aromatic rings. The van der Waals surface area contributed by atoms with E-state index in [9.17, 15) is 4.79 Å². The molecule has 172 valence electrons. The van der Waals surface area contributed by atoms with Crippen LogP contribution in [0.1, 0.15) is 41.4 Å². The zero-order valence-corrected chi connectivity index (χ0v) is 19.5. The molecular formula is C25H27ClN4O3. The van der Waals surface area contributed by atoms with E-state index >= 15 is 0 Å². The first-order valence-electron chi connectivity index (χ1n) is 11.3. The zero-order chi connectivity index (χ0) is 22.9. The van der Waals surface area contributed by atoms with Crippen molar-refractivity contribution < 1.29 is 14.3 Å². The number of nitrogens with one attached hydrogen (secondary N) is 3. The molecule has 7 nitrogen and oxygen atoms in total. The molecule has 0 unspecified atom stereocenters. The Kier molecular flexibility index (Phi) is 6.00. The van der Waals surface area contributed by atoms with Gasteiger partial charge in [-0.2, -0.15) is 0 Å². The summed E-state index contributed by atoms with van der Waals surface area (Å²) >= 11 is 6.36. The van der Waals surface area contributed by atoms with E-state index in [0.29, 0.717) is 35.1 Å². The lowest BCUT2D eigenvalue weighted by molar-refractivity contribution is 0.0680. The van der Waals surface area contributed by atoms with Crippen LogP contribution >= 0.6 is 11.6 Å². The van der Waals surface area contributed by atoms with Crippen molar-refractivity contribution >= 4 is 28.9 Å². The molecule has 1 fully saturated rings. The highest BCUT2D eigenvalue weighted by Gasteiger charge is 2.31. The largest absolute Gasteiger partial charge is 0.489 e. The summed E-state index contributed by atoms with van der Waals surface area (Å²) in [5.41, 5.74) is 5.58. The van der Waals surface area contributed by atoms with Crippen LogP contribution in [0.15, 0.2) is 36.7 Å². The number of nitrogens with zero attached hydrogens (tertiary/aromatic N) is 1. The maximum atomic E-state index is 13.0. The maximum Gasteiger partial charge on any atom is 0.255 e. The average Bonchev–Trinajstić information content (AvgIpc) is 3.44. The van der Waals surface area contributed by atoms with Crippen LogP contribution in [-0.2, 0) is 11.2 Å². The van der Waals surface area contributed by atoms with Crippen molar-refractivity contribution in [3.63, 3.8) is 0 Å². The molecule has 0 saturated carbocycles. The van der Waals surface area contributed by atoms with Gasteiger partial charge in [0, 0.05) is 47.2 Å². The fourth-order valence-corrected chi connectivity index (χ4v) is 4.65. The molecule has 1 amide bonds. The third kappa shape index (κ3) is 4.30. The zero-order valence-electron chi connectivity index (χ0n) is 18.7. The van der Waals surface area contributed by atoms with Gasteiger partial charge in [0.1, 0.15) is 12.4 Å². The normalized spacial score (nSPS) is 19.8. The quantitative estimate of drug-likeness (QED) is 0.475. The lowest BCUT2D eigenvalue weighted by atomic mass is 10.0. The number of anilines is 2. The molecule has 5 rings (SSSR count). The van der Waals surface area contributed by atoms with Gasteiger partial charge in [-0.1, -0.05) is 17.7 Å². The molecule has 2 aliphatic rings. The molecule has 0 bridgehead atoms. The number of benzene rings is 1. The summed E-state index contributed by atoms with van der Waals surface area (Å²) in [5, 5.41) is 7.19. The topological polar surface area (TPSA) is 88.3 Å². The van der Waals surface area contributed by atoms with Crippen LogP contribution < -0.4 is 15.4 Å². The number of aromatic nitrogens is 2. The van der Waals surface area contributed by atoms with Crippen LogP contribution in [0.2, 0.25) is 5.02 Å². The average molecular weight is 467 g/mol. The number of hydrogen-bond acceptors (Lipinski definition) is 5. The van der Waals surface area contributed by atoms with Gasteiger partial charge in [-0.05, 0) is 50.5 Å². The van der Waals surface area contributed by atoms with E-state index < -0.39 is 0 Å². The van der Waals surface area contributed by atoms with Gasteiger partial charge in [0.25, 0.3) is 5.91 Å². The Morgan fingerprint density at radius 2 is 2.21 bits per heavy atom. The Bertz CT molecular complexity index is 1190. The first-order chi connectivity index (χ1) is 16.0. The number of halogens is 1. The summed E-state index contributed by atoms with van der Waals surface area (Å²) in [5.74, 6) is 0.537. The van der Waals surface area contributed by atoms with Gasteiger partial charge in [-0.25, -0.2) is 0 Å². The fourth-order valence-electron chi connectivity index (χ4n) is 4.47. The summed E-state index contributed by atoms with van der Waals surface area (Å²) in [6.45, 7) is 5.19. The van der Waals surface area contributed by atoms with E-state index in [1.54, 1.807) is 12.4 Å². The van der Waals surface area contributed by atoms with E-state index in [0.717, 1.165) is 47.7 Å². The van der Waals surface area contributed by atoms with Crippen molar-refractivity contribution in [2.24, 2.45) is 0 Å². The SMILES string of the molecule is Cc1c(Cl)cccc1Nc1c(-c2ccncc2OC[C@@H]2CCCO2)[nH]c2c1C(=O)N[C@H](C)C2. The highest BCUT2D eigenvalue weighted by molar-refractivity contribution is 6.31. The molecule has 2 aliphatic heterocycles. The predicted molar refractivity (Wildman–Crippen MR) is 129 cm³/mol. The second-order valence-electron chi connectivity index (χ2n) is 8.66. The second kappa shape index (κ2) is 9.08. The number of aromatic amines is 1. The molecule has 2 aromatic heterocycles. The molecule has 0 aliphatic carbocycles. The van der Waals surface area contributed by atoms with Crippen molar-refractivity contribution in [3.05, 3.63) is 58.5 Å². The van der Waals surface area contributed by atoms with Crippen LogP contribution in [0.4, 0.5) is 11.4 Å². The Morgan fingerprint density at radius 1 is 1.33 bits per heavy atom. The number of fused-ring (bicyclic) bond motifs is 1. The van der Waals surface area contributed by atoms with Crippen LogP contribution in [0.3, 0.4) is 0 Å². The number of carbonyl (C=O) groups is 1. The molecule has 3 N–H and O–H groups in total. The minimum absolute atomic E-state index is 0.0462. The lowest BCUT2D eigenvalue weighted by Gasteiger charge is -2.21.